The number of benzene rings is 2. The van der Waals surface area contributed by atoms with Gasteiger partial charge in [-0.1, -0.05) is 11.6 Å². The SMILES string of the molecule is Cc1cc([N+](=O)[O-])ccc1NC(=O)CSc1ccc(Cl)c(C(F)(F)F)c1. The van der Waals surface area contributed by atoms with E-state index < -0.39 is 27.6 Å². The second-order valence-corrected chi connectivity index (χ2v) is 6.69. The third-order valence-electron chi connectivity index (χ3n) is 3.31. The van der Waals surface area contributed by atoms with E-state index >= 15 is 0 Å². The van der Waals surface area contributed by atoms with Gasteiger partial charge in [0.15, 0.2) is 0 Å². The number of hydrogen-bond acceptors (Lipinski definition) is 4. The predicted octanol–water partition coefficient (Wildman–Crippen LogP) is 5.31. The normalized spacial score (nSPS) is 11.3. The van der Waals surface area contributed by atoms with E-state index in [9.17, 15) is 28.1 Å². The number of nitrogens with one attached hydrogen (secondary N) is 1. The van der Waals surface area contributed by atoms with Crippen molar-refractivity contribution in [2.45, 2.75) is 18.0 Å². The molecule has 0 fully saturated rings. The third-order valence-corrected chi connectivity index (χ3v) is 4.63. The summed E-state index contributed by atoms with van der Waals surface area (Å²) in [6, 6.07) is 7.39. The molecule has 138 valence electrons. The molecule has 2 aromatic carbocycles. The molecule has 0 bridgehead atoms. The first kappa shape index (κ1) is 20.1. The number of nitrogens with zero attached hydrogens (tertiary/aromatic N) is 1. The van der Waals surface area contributed by atoms with Crippen LogP contribution in [0, 0.1) is 17.0 Å². The first-order valence-electron chi connectivity index (χ1n) is 7.12. The standard InChI is InChI=1S/C16H12ClF3N2O3S/c1-9-6-10(22(24)25)2-5-14(9)21-15(23)8-26-11-3-4-13(17)12(7-11)16(18,19)20/h2-7H,8H2,1H3,(H,21,23). The van der Waals surface area contributed by atoms with Crippen LogP contribution < -0.4 is 5.32 Å². The average Bonchev–Trinajstić information content (AvgIpc) is 2.54. The van der Waals surface area contributed by atoms with E-state index in [4.69, 9.17) is 11.6 Å². The van der Waals surface area contributed by atoms with E-state index in [1.54, 1.807) is 6.92 Å². The first-order valence-corrected chi connectivity index (χ1v) is 8.48. The minimum atomic E-state index is -4.58. The molecule has 0 spiro atoms. The molecule has 26 heavy (non-hydrogen) atoms. The zero-order valence-electron chi connectivity index (χ0n) is 13.3. The van der Waals surface area contributed by atoms with Crippen LogP contribution in [0.1, 0.15) is 11.1 Å². The van der Waals surface area contributed by atoms with E-state index in [-0.39, 0.29) is 16.3 Å². The Balaban J connectivity index is 2.02. The van der Waals surface area contributed by atoms with Gasteiger partial charge < -0.3 is 5.32 Å². The minimum Gasteiger partial charge on any atom is -0.325 e. The van der Waals surface area contributed by atoms with Crippen molar-refractivity contribution in [2.24, 2.45) is 0 Å². The number of non-ortho nitro benzene ring substituents is 1. The average molecular weight is 405 g/mol. The highest BCUT2D eigenvalue weighted by Gasteiger charge is 2.33. The molecule has 5 nitrogen and oxygen atoms in total. The Labute approximate surface area is 155 Å². The number of aryl methyl sites for hydroxylation is 1. The van der Waals surface area contributed by atoms with Gasteiger partial charge in [0.1, 0.15) is 0 Å². The molecule has 0 atom stereocenters. The van der Waals surface area contributed by atoms with E-state index in [2.05, 4.69) is 5.32 Å². The smallest absolute Gasteiger partial charge is 0.325 e. The van der Waals surface area contributed by atoms with Crippen LogP contribution >= 0.6 is 23.4 Å². The molecular formula is C16H12ClF3N2O3S. The van der Waals surface area contributed by atoms with Crippen LogP contribution in [0.25, 0.3) is 0 Å². The van der Waals surface area contributed by atoms with Crippen LogP contribution in [0.4, 0.5) is 24.5 Å². The molecule has 2 aromatic rings. The molecule has 0 aliphatic rings. The van der Waals surface area contributed by atoms with Gasteiger partial charge in [-0.15, -0.1) is 11.8 Å². The lowest BCUT2D eigenvalue weighted by molar-refractivity contribution is -0.384. The van der Waals surface area contributed by atoms with Crippen LogP contribution in [-0.4, -0.2) is 16.6 Å². The van der Waals surface area contributed by atoms with Gasteiger partial charge in [-0.3, -0.25) is 14.9 Å². The lowest BCUT2D eigenvalue weighted by Gasteiger charge is -2.11. The fourth-order valence-corrected chi connectivity index (χ4v) is 3.01. The number of nitro groups is 1. The Morgan fingerprint density at radius 3 is 2.54 bits per heavy atom. The number of alkyl halides is 3. The zero-order chi connectivity index (χ0) is 19.5. The minimum absolute atomic E-state index is 0.101. The summed E-state index contributed by atoms with van der Waals surface area (Å²) < 4.78 is 38.5. The summed E-state index contributed by atoms with van der Waals surface area (Å²) in [6.45, 7) is 1.60. The Hall–Kier alpha value is -2.26. The Morgan fingerprint density at radius 1 is 1.27 bits per heavy atom. The number of amides is 1. The van der Waals surface area contributed by atoms with Crippen LogP contribution in [-0.2, 0) is 11.0 Å². The summed E-state index contributed by atoms with van der Waals surface area (Å²) in [7, 11) is 0. The second kappa shape index (κ2) is 7.96. The molecular weight excluding hydrogens is 393 g/mol. The molecule has 0 unspecified atom stereocenters. The molecule has 0 radical (unpaired) electrons. The van der Waals surface area contributed by atoms with Gasteiger partial charge in [0, 0.05) is 22.7 Å². The number of anilines is 1. The number of nitro benzene ring substituents is 1. The van der Waals surface area contributed by atoms with Crippen molar-refractivity contribution in [2.75, 3.05) is 11.1 Å². The number of thioether (sulfide) groups is 1. The lowest BCUT2D eigenvalue weighted by atomic mass is 10.2. The molecule has 0 aliphatic carbocycles. The van der Waals surface area contributed by atoms with Crippen LogP contribution in [0.3, 0.4) is 0 Å². The molecule has 0 heterocycles. The maximum atomic E-state index is 12.8. The van der Waals surface area contributed by atoms with Crippen molar-refractivity contribution in [1.82, 2.24) is 0 Å². The van der Waals surface area contributed by atoms with E-state index in [0.717, 1.165) is 23.9 Å². The molecule has 1 N–H and O–H groups in total. The van der Waals surface area contributed by atoms with Crippen LogP contribution in [0.5, 0.6) is 0 Å². The van der Waals surface area contributed by atoms with Gasteiger partial charge in [0.25, 0.3) is 5.69 Å². The second-order valence-electron chi connectivity index (χ2n) is 5.23. The summed E-state index contributed by atoms with van der Waals surface area (Å²) in [6.07, 6.45) is -4.58. The fourth-order valence-electron chi connectivity index (χ4n) is 2.05. The summed E-state index contributed by atoms with van der Waals surface area (Å²) in [5.74, 6) is -0.578. The fraction of sp³-hybridized carbons (Fsp3) is 0.188. The molecule has 0 saturated carbocycles. The monoisotopic (exact) mass is 404 g/mol. The highest BCUT2D eigenvalue weighted by Crippen LogP contribution is 2.37. The van der Waals surface area contributed by atoms with E-state index in [0.29, 0.717) is 11.3 Å². The number of halogens is 4. The van der Waals surface area contributed by atoms with Gasteiger partial charge >= 0.3 is 6.18 Å². The van der Waals surface area contributed by atoms with Crippen molar-refractivity contribution in [1.29, 1.82) is 0 Å². The topological polar surface area (TPSA) is 72.2 Å². The molecule has 2 rings (SSSR count). The quantitative estimate of drug-likeness (QED) is 0.416. The van der Waals surface area contributed by atoms with Gasteiger partial charge in [0.05, 0.1) is 21.3 Å². The van der Waals surface area contributed by atoms with E-state index in [1.807, 2.05) is 0 Å². The largest absolute Gasteiger partial charge is 0.417 e. The van der Waals surface area contributed by atoms with Gasteiger partial charge in [-0.25, -0.2) is 0 Å². The summed E-state index contributed by atoms with van der Waals surface area (Å²) in [5, 5.41) is 12.9. The summed E-state index contributed by atoms with van der Waals surface area (Å²) >= 11 is 6.47. The molecule has 1 amide bonds. The summed E-state index contributed by atoms with van der Waals surface area (Å²) in [5.41, 5.74) is -0.164. The Kier molecular flexibility index (Phi) is 6.14. The molecule has 0 saturated heterocycles. The highest BCUT2D eigenvalue weighted by atomic mass is 35.5. The molecule has 0 aliphatic heterocycles. The van der Waals surface area contributed by atoms with Crippen molar-refractivity contribution in [3.8, 4) is 0 Å². The van der Waals surface area contributed by atoms with Crippen LogP contribution in [0.15, 0.2) is 41.3 Å². The third kappa shape index (κ3) is 5.12. The maximum Gasteiger partial charge on any atom is 0.417 e. The zero-order valence-corrected chi connectivity index (χ0v) is 14.8. The Morgan fingerprint density at radius 2 is 1.96 bits per heavy atom. The van der Waals surface area contributed by atoms with Gasteiger partial charge in [0.2, 0.25) is 5.91 Å². The van der Waals surface area contributed by atoms with Gasteiger partial charge in [-0.05, 0) is 36.8 Å². The van der Waals surface area contributed by atoms with Crippen molar-refractivity contribution >= 4 is 40.6 Å². The van der Waals surface area contributed by atoms with Crippen LogP contribution in [0.2, 0.25) is 5.02 Å². The predicted molar refractivity (Wildman–Crippen MR) is 93.6 cm³/mol. The number of carbonyl (C=O) groups excluding carboxylic acids is 1. The lowest BCUT2D eigenvalue weighted by Crippen LogP contribution is -2.15. The van der Waals surface area contributed by atoms with Crippen molar-refractivity contribution in [3.05, 3.63) is 62.7 Å². The maximum absolute atomic E-state index is 12.8. The van der Waals surface area contributed by atoms with Crippen molar-refractivity contribution in [3.63, 3.8) is 0 Å². The highest BCUT2D eigenvalue weighted by molar-refractivity contribution is 8.00. The summed E-state index contributed by atoms with van der Waals surface area (Å²) in [4.78, 5) is 22.4. The first-order chi connectivity index (χ1) is 12.1. The number of hydrogen-bond donors (Lipinski definition) is 1. The Bertz CT molecular complexity index is 859. The number of rotatable bonds is 5. The molecule has 0 aromatic heterocycles. The van der Waals surface area contributed by atoms with Gasteiger partial charge in [-0.2, -0.15) is 13.2 Å². The van der Waals surface area contributed by atoms with E-state index in [1.165, 1.54) is 24.3 Å². The number of carbonyl (C=O) groups is 1. The molecule has 10 heteroatoms. The van der Waals surface area contributed by atoms with Crippen molar-refractivity contribution < 1.29 is 22.9 Å².